The molecule has 6 N–H and O–H groups in total. The van der Waals surface area contributed by atoms with Gasteiger partial charge in [-0.3, -0.25) is 9.05 Å². The summed E-state index contributed by atoms with van der Waals surface area (Å²) >= 11 is 0. The van der Waals surface area contributed by atoms with Crippen LogP contribution in [0.2, 0.25) is 0 Å². The molecule has 1 aliphatic carbocycles. The van der Waals surface area contributed by atoms with Crippen LogP contribution in [0.3, 0.4) is 0 Å². The van der Waals surface area contributed by atoms with Crippen LogP contribution < -0.4 is 0 Å². The predicted octanol–water partition coefficient (Wildman–Crippen LogP) is 1.85. The second-order valence-electron chi connectivity index (χ2n) is 9.36. The van der Waals surface area contributed by atoms with Gasteiger partial charge in [0.1, 0.15) is 36.6 Å². The van der Waals surface area contributed by atoms with Crippen LogP contribution >= 0.6 is 7.82 Å². The number of aryl methyl sites for hydroxylation is 1. The Bertz CT molecular complexity index is 1380. The maximum absolute atomic E-state index is 12.3. The molecule has 5 rings (SSSR count). The molecule has 4 aromatic rings. The molecule has 37 heavy (non-hydrogen) atoms. The van der Waals surface area contributed by atoms with Gasteiger partial charge in [0, 0.05) is 18.9 Å². The summed E-state index contributed by atoms with van der Waals surface area (Å²) in [5.74, 6) is 0. The van der Waals surface area contributed by atoms with Gasteiger partial charge in [0.2, 0.25) is 0 Å². The minimum Gasteiger partial charge on any atom is -0.387 e. The van der Waals surface area contributed by atoms with E-state index in [-0.39, 0.29) is 25.5 Å². The van der Waals surface area contributed by atoms with E-state index in [0.29, 0.717) is 12.8 Å². The molecule has 11 heteroatoms. The molecule has 4 aromatic carbocycles. The van der Waals surface area contributed by atoms with Crippen molar-refractivity contribution in [1.29, 1.82) is 0 Å². The molecular formula is C26H29LiO9P. The van der Waals surface area contributed by atoms with Gasteiger partial charge in [-0.1, -0.05) is 54.6 Å². The van der Waals surface area contributed by atoms with Crippen molar-refractivity contribution >= 4 is 59.0 Å². The van der Waals surface area contributed by atoms with Crippen molar-refractivity contribution in [3.63, 3.8) is 0 Å². The second-order valence-corrected chi connectivity index (χ2v) is 10.8. The summed E-state index contributed by atoms with van der Waals surface area (Å²) < 4.78 is 22.2. The molecule has 1 aliphatic rings. The minimum atomic E-state index is -4.72. The molecule has 0 aromatic heterocycles. The third-order valence-electron chi connectivity index (χ3n) is 7.04. The van der Waals surface area contributed by atoms with Crippen LogP contribution in [0.1, 0.15) is 18.4 Å². The molecule has 0 heterocycles. The molecule has 0 saturated heterocycles. The molecule has 0 bridgehead atoms. The second kappa shape index (κ2) is 11.3. The van der Waals surface area contributed by atoms with Gasteiger partial charge in [0.25, 0.3) is 0 Å². The molecule has 0 amide bonds. The van der Waals surface area contributed by atoms with Gasteiger partial charge in [-0.2, -0.15) is 0 Å². The van der Waals surface area contributed by atoms with Crippen molar-refractivity contribution in [3.05, 3.63) is 60.2 Å². The van der Waals surface area contributed by atoms with Gasteiger partial charge >= 0.3 is 7.82 Å². The van der Waals surface area contributed by atoms with E-state index in [2.05, 4.69) is 54.6 Å². The first kappa shape index (κ1) is 28.4. The number of phosphoric ester groups is 1. The summed E-state index contributed by atoms with van der Waals surface area (Å²) in [6, 6.07) is 19.0. The van der Waals surface area contributed by atoms with Gasteiger partial charge in [-0.25, -0.2) is 4.57 Å². The number of rotatable bonds is 8. The van der Waals surface area contributed by atoms with Crippen LogP contribution in [0.25, 0.3) is 32.3 Å². The van der Waals surface area contributed by atoms with Crippen molar-refractivity contribution in [3.8, 4) is 0 Å². The zero-order valence-electron chi connectivity index (χ0n) is 20.3. The van der Waals surface area contributed by atoms with E-state index in [0.717, 1.165) is 6.42 Å². The molecule has 9 nitrogen and oxygen atoms in total. The fourth-order valence-corrected chi connectivity index (χ4v) is 6.09. The van der Waals surface area contributed by atoms with Gasteiger partial charge in [0.15, 0.2) is 0 Å². The SMILES string of the molecule is O=P(O)(OCCCCc1ccc2ccc3cccc4ccc1c2c34)OC1C(O)C(O)C(O)C(O)C1O.[Li]. The quantitative estimate of drug-likeness (QED) is 0.0878. The van der Waals surface area contributed by atoms with Gasteiger partial charge in [0.05, 0.1) is 6.61 Å². The summed E-state index contributed by atoms with van der Waals surface area (Å²) in [5.41, 5.74) is 1.17. The van der Waals surface area contributed by atoms with Crippen LogP contribution in [0.15, 0.2) is 54.6 Å². The van der Waals surface area contributed by atoms with Gasteiger partial charge < -0.3 is 30.4 Å². The first-order valence-corrected chi connectivity index (χ1v) is 13.4. The first-order chi connectivity index (χ1) is 17.2. The fraction of sp³-hybridized carbons (Fsp3) is 0.385. The Morgan fingerprint density at radius 3 is 1.89 bits per heavy atom. The van der Waals surface area contributed by atoms with Crippen LogP contribution in [0.4, 0.5) is 0 Å². The Morgan fingerprint density at radius 1 is 0.703 bits per heavy atom. The van der Waals surface area contributed by atoms with E-state index < -0.39 is 44.4 Å². The summed E-state index contributed by atoms with van der Waals surface area (Å²) in [7, 11) is -4.72. The van der Waals surface area contributed by atoms with Crippen molar-refractivity contribution in [1.82, 2.24) is 0 Å². The Labute approximate surface area is 225 Å². The molecule has 5 atom stereocenters. The molecule has 0 aliphatic heterocycles. The summed E-state index contributed by atoms with van der Waals surface area (Å²) in [5, 5.41) is 56.3. The van der Waals surface area contributed by atoms with E-state index >= 15 is 0 Å². The topological polar surface area (TPSA) is 157 Å². The minimum absolute atomic E-state index is 0. The number of benzene rings is 4. The Balaban J connectivity index is 0.00000320. The van der Waals surface area contributed by atoms with Crippen LogP contribution in [-0.4, -0.2) is 92.5 Å². The van der Waals surface area contributed by atoms with E-state index in [1.54, 1.807) is 0 Å². The van der Waals surface area contributed by atoms with Crippen LogP contribution in [0.5, 0.6) is 0 Å². The van der Waals surface area contributed by atoms with E-state index in [4.69, 9.17) is 9.05 Å². The molecule has 1 fully saturated rings. The average molecular weight is 523 g/mol. The summed E-state index contributed by atoms with van der Waals surface area (Å²) in [4.78, 5) is 10.0. The molecule has 1 saturated carbocycles. The van der Waals surface area contributed by atoms with E-state index in [1.165, 1.54) is 37.9 Å². The number of unbranched alkanes of at least 4 members (excludes halogenated alkanes) is 1. The summed E-state index contributed by atoms with van der Waals surface area (Å²) in [6.45, 7) is -0.119. The van der Waals surface area contributed by atoms with E-state index in [9.17, 15) is 35.0 Å². The van der Waals surface area contributed by atoms with Gasteiger partial charge in [-0.05, 0) is 57.1 Å². The average Bonchev–Trinajstić information content (AvgIpc) is 2.88. The number of phosphoric acid groups is 1. The molecule has 0 spiro atoms. The Kier molecular flexibility index (Phi) is 8.66. The number of hydrogen-bond acceptors (Lipinski definition) is 8. The van der Waals surface area contributed by atoms with E-state index in [1.807, 2.05) is 0 Å². The van der Waals surface area contributed by atoms with Crippen molar-refractivity contribution in [2.24, 2.45) is 0 Å². The maximum atomic E-state index is 12.3. The van der Waals surface area contributed by atoms with Crippen molar-refractivity contribution in [2.75, 3.05) is 6.61 Å². The number of aliphatic hydroxyl groups excluding tert-OH is 5. The van der Waals surface area contributed by atoms with Gasteiger partial charge in [-0.15, -0.1) is 0 Å². The van der Waals surface area contributed by atoms with Crippen molar-refractivity contribution in [2.45, 2.75) is 55.9 Å². The number of aliphatic hydroxyl groups is 5. The fourth-order valence-electron chi connectivity index (χ4n) is 5.12. The van der Waals surface area contributed by atoms with Crippen molar-refractivity contribution < 1.29 is 44.0 Å². The molecule has 193 valence electrons. The smallest absolute Gasteiger partial charge is 0.387 e. The maximum Gasteiger partial charge on any atom is 0.472 e. The largest absolute Gasteiger partial charge is 0.472 e. The molecule has 1 radical (unpaired) electrons. The molecular weight excluding hydrogens is 494 g/mol. The zero-order valence-corrected chi connectivity index (χ0v) is 21.2. The third-order valence-corrected chi connectivity index (χ3v) is 8.06. The first-order valence-electron chi connectivity index (χ1n) is 11.9. The standard InChI is InChI=1S/C26H29O9P.Li/c27-21-22(28)24(30)26(25(31)23(21)29)35-36(32,33)34-13-2-1-4-14-7-8-17-10-9-15-5-3-6-16-11-12-18(14)20(17)19(15)16;/h3,5-12,21-31H,1-2,4,13H2,(H,32,33);. The monoisotopic (exact) mass is 523 g/mol. The predicted molar refractivity (Wildman–Crippen MR) is 140 cm³/mol. The number of hydrogen-bond donors (Lipinski definition) is 6. The normalized spacial score (nSPS) is 27.9. The third kappa shape index (κ3) is 5.46. The van der Waals surface area contributed by atoms with Crippen LogP contribution in [-0.2, 0) is 20.0 Å². The Morgan fingerprint density at radius 2 is 1.24 bits per heavy atom. The zero-order chi connectivity index (χ0) is 25.6. The summed E-state index contributed by atoms with van der Waals surface area (Å²) in [6.07, 6.45) is -9.31. The molecule has 5 unspecified atom stereocenters. The van der Waals surface area contributed by atoms with Crippen LogP contribution in [0, 0.1) is 0 Å². The Hall–Kier alpha value is -1.57.